The molecule has 0 radical (unpaired) electrons. The molecule has 0 spiro atoms. The van der Waals surface area contributed by atoms with Gasteiger partial charge < -0.3 is 10.2 Å². The van der Waals surface area contributed by atoms with E-state index in [-0.39, 0.29) is 30.9 Å². The summed E-state index contributed by atoms with van der Waals surface area (Å²) in [5, 5.41) is 3.28. The molecule has 3 nitrogen and oxygen atoms in total. The van der Waals surface area contributed by atoms with E-state index in [0.717, 1.165) is 45.2 Å². The molecule has 19 heavy (non-hydrogen) atoms. The first-order valence-electron chi connectivity index (χ1n) is 6.95. The Kier molecular flexibility index (Phi) is 7.00. The Balaban J connectivity index is 0.00000180. The van der Waals surface area contributed by atoms with Crippen LogP contribution in [0.4, 0.5) is 8.78 Å². The van der Waals surface area contributed by atoms with Crippen LogP contribution >= 0.6 is 12.4 Å². The molecule has 1 saturated carbocycles. The summed E-state index contributed by atoms with van der Waals surface area (Å²) in [5.41, 5.74) is 0. The predicted octanol–water partition coefficient (Wildman–Crippen LogP) is 2.44. The van der Waals surface area contributed by atoms with Gasteiger partial charge in [0, 0.05) is 12.5 Å². The minimum Gasteiger partial charge on any atom is -0.334 e. The lowest BCUT2D eigenvalue weighted by molar-refractivity contribution is -0.134. The van der Waals surface area contributed by atoms with Crippen LogP contribution in [-0.4, -0.2) is 42.9 Å². The van der Waals surface area contributed by atoms with Gasteiger partial charge in [0.1, 0.15) is 0 Å². The van der Waals surface area contributed by atoms with E-state index in [2.05, 4.69) is 5.32 Å². The second-order valence-electron chi connectivity index (χ2n) is 5.40. The first-order valence-corrected chi connectivity index (χ1v) is 6.95. The van der Waals surface area contributed by atoms with Gasteiger partial charge in [0.15, 0.2) is 0 Å². The lowest BCUT2D eigenvalue weighted by Crippen LogP contribution is -2.37. The van der Waals surface area contributed by atoms with E-state index in [1.165, 1.54) is 4.90 Å². The third-order valence-electron chi connectivity index (χ3n) is 3.87. The first kappa shape index (κ1) is 16.6. The molecule has 112 valence electrons. The Hall–Kier alpha value is -0.420. The number of piperidine rings is 1. The molecular formula is C13H23ClF2N2O. The van der Waals surface area contributed by atoms with Crippen molar-refractivity contribution >= 4 is 18.3 Å². The van der Waals surface area contributed by atoms with Crippen molar-refractivity contribution in [1.29, 1.82) is 0 Å². The van der Waals surface area contributed by atoms with Gasteiger partial charge in [-0.2, -0.15) is 0 Å². The minimum absolute atomic E-state index is 0. The monoisotopic (exact) mass is 296 g/mol. The van der Waals surface area contributed by atoms with Crippen molar-refractivity contribution in [1.82, 2.24) is 10.2 Å². The number of carbonyl (C=O) groups excluding carboxylic acids is 1. The summed E-state index contributed by atoms with van der Waals surface area (Å²) in [4.78, 5) is 13.4. The third kappa shape index (κ3) is 5.61. The molecule has 0 atom stereocenters. The summed E-state index contributed by atoms with van der Waals surface area (Å²) in [7, 11) is 0. The van der Waals surface area contributed by atoms with E-state index < -0.39 is 6.43 Å². The van der Waals surface area contributed by atoms with Gasteiger partial charge in [0.05, 0.1) is 6.54 Å². The fraction of sp³-hybridized carbons (Fsp3) is 0.923. The van der Waals surface area contributed by atoms with E-state index >= 15 is 0 Å². The number of hydrogen-bond acceptors (Lipinski definition) is 2. The highest BCUT2D eigenvalue weighted by molar-refractivity contribution is 5.85. The molecule has 1 saturated heterocycles. The molecule has 6 heteroatoms. The zero-order valence-electron chi connectivity index (χ0n) is 11.1. The van der Waals surface area contributed by atoms with Gasteiger partial charge in [-0.3, -0.25) is 4.79 Å². The highest BCUT2D eigenvalue weighted by Crippen LogP contribution is 2.29. The van der Waals surface area contributed by atoms with Crippen LogP contribution in [0.3, 0.4) is 0 Å². The Labute approximate surface area is 119 Å². The molecule has 1 amide bonds. The maximum absolute atomic E-state index is 12.4. The Morgan fingerprint density at radius 1 is 1.21 bits per heavy atom. The quantitative estimate of drug-likeness (QED) is 0.816. The highest BCUT2D eigenvalue weighted by atomic mass is 35.5. The maximum Gasteiger partial charge on any atom is 0.255 e. The molecule has 1 aliphatic carbocycles. The van der Waals surface area contributed by atoms with E-state index in [4.69, 9.17) is 0 Å². The van der Waals surface area contributed by atoms with Crippen molar-refractivity contribution in [3.63, 3.8) is 0 Å². The average Bonchev–Trinajstić information content (AvgIpc) is 3.18. The van der Waals surface area contributed by atoms with Crippen LogP contribution in [0.5, 0.6) is 0 Å². The highest BCUT2D eigenvalue weighted by Gasteiger charge is 2.34. The molecule has 2 aliphatic rings. The molecule has 2 fully saturated rings. The van der Waals surface area contributed by atoms with Crippen LogP contribution in [0.25, 0.3) is 0 Å². The lowest BCUT2D eigenvalue weighted by atomic mass is 9.93. The minimum atomic E-state index is -2.41. The van der Waals surface area contributed by atoms with Gasteiger partial charge in [-0.1, -0.05) is 0 Å². The zero-order valence-corrected chi connectivity index (χ0v) is 11.9. The van der Waals surface area contributed by atoms with E-state index in [9.17, 15) is 13.6 Å². The average molecular weight is 297 g/mol. The van der Waals surface area contributed by atoms with Crippen molar-refractivity contribution in [3.8, 4) is 0 Å². The summed E-state index contributed by atoms with van der Waals surface area (Å²) in [6, 6.07) is 0.0968. The van der Waals surface area contributed by atoms with Gasteiger partial charge in [0.25, 0.3) is 6.43 Å². The molecule has 1 heterocycles. The van der Waals surface area contributed by atoms with Crippen LogP contribution in [0.15, 0.2) is 0 Å². The molecule has 1 N–H and O–H groups in total. The molecule has 0 aromatic rings. The van der Waals surface area contributed by atoms with Gasteiger partial charge in [-0.25, -0.2) is 8.78 Å². The molecule has 1 aliphatic heterocycles. The van der Waals surface area contributed by atoms with Crippen molar-refractivity contribution in [2.75, 3.05) is 19.6 Å². The lowest BCUT2D eigenvalue weighted by Gasteiger charge is -2.25. The fourth-order valence-electron chi connectivity index (χ4n) is 2.63. The second kappa shape index (κ2) is 8.00. The molecule has 2 rings (SSSR count). The summed E-state index contributed by atoms with van der Waals surface area (Å²) >= 11 is 0. The summed E-state index contributed by atoms with van der Waals surface area (Å²) < 4.78 is 24.9. The Bertz CT molecular complexity index is 282. The second-order valence-corrected chi connectivity index (χ2v) is 5.40. The number of nitrogens with zero attached hydrogens (tertiary/aromatic N) is 1. The SMILES string of the molecule is Cl.O=C(CCC1CCNCC1)N(CC(F)F)C1CC1. The normalized spacial score (nSPS) is 20.2. The van der Waals surface area contributed by atoms with Crippen LogP contribution in [-0.2, 0) is 4.79 Å². The van der Waals surface area contributed by atoms with Crippen molar-refractivity contribution < 1.29 is 13.6 Å². The summed E-state index contributed by atoms with van der Waals surface area (Å²) in [6.07, 6.45) is 2.88. The van der Waals surface area contributed by atoms with E-state index in [1.807, 2.05) is 0 Å². The number of rotatable bonds is 6. The van der Waals surface area contributed by atoms with Gasteiger partial charge >= 0.3 is 0 Å². The molecule has 0 unspecified atom stereocenters. The standard InChI is InChI=1S/C13H22F2N2O.ClH/c14-12(15)9-17(11-2-3-11)13(18)4-1-10-5-7-16-8-6-10;/h10-12,16H,1-9H2;1H. The number of halogens is 3. The van der Waals surface area contributed by atoms with E-state index in [0.29, 0.717) is 12.3 Å². The van der Waals surface area contributed by atoms with Crippen molar-refractivity contribution in [2.24, 2.45) is 5.92 Å². The number of alkyl halides is 2. The number of amides is 1. The van der Waals surface area contributed by atoms with Gasteiger partial charge in [0.2, 0.25) is 5.91 Å². The number of hydrogen-bond donors (Lipinski definition) is 1. The maximum atomic E-state index is 12.4. The predicted molar refractivity (Wildman–Crippen MR) is 72.8 cm³/mol. The van der Waals surface area contributed by atoms with Crippen LogP contribution < -0.4 is 5.32 Å². The van der Waals surface area contributed by atoms with Gasteiger partial charge in [-0.05, 0) is 51.1 Å². The van der Waals surface area contributed by atoms with Crippen LogP contribution in [0, 0.1) is 5.92 Å². The van der Waals surface area contributed by atoms with Gasteiger partial charge in [-0.15, -0.1) is 12.4 Å². The topological polar surface area (TPSA) is 32.3 Å². The van der Waals surface area contributed by atoms with Crippen LogP contribution in [0.1, 0.15) is 38.5 Å². The number of carbonyl (C=O) groups is 1. The largest absolute Gasteiger partial charge is 0.334 e. The molecule has 0 aromatic heterocycles. The summed E-state index contributed by atoms with van der Waals surface area (Å²) in [5.74, 6) is 0.513. The Morgan fingerprint density at radius 2 is 1.84 bits per heavy atom. The summed E-state index contributed by atoms with van der Waals surface area (Å²) in [6.45, 7) is 1.65. The van der Waals surface area contributed by atoms with E-state index in [1.54, 1.807) is 0 Å². The van der Waals surface area contributed by atoms with Crippen molar-refractivity contribution in [3.05, 3.63) is 0 Å². The molecule has 0 bridgehead atoms. The first-order chi connectivity index (χ1) is 8.66. The number of nitrogens with one attached hydrogen (secondary N) is 1. The molecule has 0 aromatic carbocycles. The Morgan fingerprint density at radius 3 is 2.37 bits per heavy atom. The third-order valence-corrected chi connectivity index (χ3v) is 3.87. The van der Waals surface area contributed by atoms with Crippen LogP contribution in [0.2, 0.25) is 0 Å². The smallest absolute Gasteiger partial charge is 0.255 e. The molecular weight excluding hydrogens is 274 g/mol. The zero-order chi connectivity index (χ0) is 13.0. The fourth-order valence-corrected chi connectivity index (χ4v) is 2.63. The van der Waals surface area contributed by atoms with Crippen molar-refractivity contribution in [2.45, 2.75) is 51.0 Å².